The van der Waals surface area contributed by atoms with Gasteiger partial charge in [0.2, 0.25) is 0 Å². The molecule has 3 rings (SSSR count). The van der Waals surface area contributed by atoms with E-state index in [-0.39, 0.29) is 12.0 Å². The van der Waals surface area contributed by atoms with E-state index in [1.807, 2.05) is 34.5 Å². The Bertz CT molecular complexity index is 656. The van der Waals surface area contributed by atoms with E-state index in [4.69, 9.17) is 16.3 Å². The molecule has 2 aromatic rings. The fraction of sp³-hybridized carbons (Fsp3) is 0.375. The molecular formula is C16H17ClN2O2S. The maximum atomic E-state index is 12.6. The summed E-state index contributed by atoms with van der Waals surface area (Å²) >= 11 is 7.37. The van der Waals surface area contributed by atoms with Gasteiger partial charge in [-0.1, -0.05) is 30.7 Å². The number of hydrogen-bond donors (Lipinski definition) is 0. The van der Waals surface area contributed by atoms with Crippen LogP contribution in [0, 0.1) is 0 Å². The lowest BCUT2D eigenvalue weighted by atomic mass is 10.2. The van der Waals surface area contributed by atoms with Crippen LogP contribution in [0.2, 0.25) is 5.02 Å². The topological polar surface area (TPSA) is 42.4 Å². The Kier molecular flexibility index (Phi) is 4.76. The lowest BCUT2D eigenvalue weighted by Crippen LogP contribution is -2.45. The number of hydrogen-bond acceptors (Lipinski definition) is 4. The molecule has 0 bridgehead atoms. The van der Waals surface area contributed by atoms with Crippen molar-refractivity contribution in [2.75, 3.05) is 19.7 Å². The van der Waals surface area contributed by atoms with Gasteiger partial charge in [-0.3, -0.25) is 4.79 Å². The zero-order valence-corrected chi connectivity index (χ0v) is 13.9. The van der Waals surface area contributed by atoms with Crippen molar-refractivity contribution in [1.29, 1.82) is 0 Å². The zero-order chi connectivity index (χ0) is 15.5. The third-order valence-corrected chi connectivity index (χ3v) is 4.84. The highest BCUT2D eigenvalue weighted by molar-refractivity contribution is 7.13. The average Bonchev–Trinajstić information content (AvgIpc) is 3.05. The molecule has 0 radical (unpaired) electrons. The van der Waals surface area contributed by atoms with Crippen molar-refractivity contribution in [3.05, 3.63) is 40.4 Å². The number of thiazole rings is 1. The van der Waals surface area contributed by atoms with Gasteiger partial charge < -0.3 is 9.64 Å². The number of aromatic nitrogens is 1. The van der Waals surface area contributed by atoms with Crippen molar-refractivity contribution in [1.82, 2.24) is 9.88 Å². The van der Waals surface area contributed by atoms with E-state index < -0.39 is 0 Å². The molecule has 0 N–H and O–H groups in total. The first kappa shape index (κ1) is 15.5. The fourth-order valence-corrected chi connectivity index (χ4v) is 3.34. The predicted octanol–water partition coefficient (Wildman–Crippen LogP) is 3.71. The van der Waals surface area contributed by atoms with Crippen LogP contribution in [0.5, 0.6) is 0 Å². The molecule has 0 spiro atoms. The second-order valence-corrected chi connectivity index (χ2v) is 6.49. The average molecular weight is 337 g/mol. The van der Waals surface area contributed by atoms with Gasteiger partial charge in [-0.2, -0.15) is 0 Å². The number of carbonyl (C=O) groups excluding carboxylic acids is 1. The quantitative estimate of drug-likeness (QED) is 0.858. The molecule has 1 saturated heterocycles. The molecule has 0 saturated carbocycles. The maximum absolute atomic E-state index is 12.6. The third kappa shape index (κ3) is 3.32. The van der Waals surface area contributed by atoms with E-state index in [0.29, 0.717) is 30.4 Å². The Morgan fingerprint density at radius 3 is 2.95 bits per heavy atom. The summed E-state index contributed by atoms with van der Waals surface area (Å²) in [5.74, 6) is -0.0155. The van der Waals surface area contributed by atoms with Gasteiger partial charge >= 0.3 is 0 Å². The molecule has 0 aliphatic carbocycles. The minimum absolute atomic E-state index is 0.0155. The molecule has 1 fully saturated rings. The molecule has 1 aromatic carbocycles. The first-order valence-corrected chi connectivity index (χ1v) is 8.55. The van der Waals surface area contributed by atoms with Gasteiger partial charge in [0.1, 0.15) is 10.7 Å². The van der Waals surface area contributed by atoms with Crippen LogP contribution in [0.3, 0.4) is 0 Å². The van der Waals surface area contributed by atoms with Crippen LogP contribution in [-0.4, -0.2) is 41.6 Å². The number of benzene rings is 1. The molecule has 1 unspecified atom stereocenters. The van der Waals surface area contributed by atoms with E-state index in [0.717, 1.165) is 17.0 Å². The van der Waals surface area contributed by atoms with Gasteiger partial charge in [-0.25, -0.2) is 4.98 Å². The van der Waals surface area contributed by atoms with E-state index >= 15 is 0 Å². The zero-order valence-electron chi connectivity index (χ0n) is 12.3. The van der Waals surface area contributed by atoms with Crippen LogP contribution in [0.4, 0.5) is 0 Å². The van der Waals surface area contributed by atoms with Gasteiger partial charge in [-0.05, 0) is 18.6 Å². The summed E-state index contributed by atoms with van der Waals surface area (Å²) in [6, 6.07) is 7.48. The van der Waals surface area contributed by atoms with Crippen LogP contribution >= 0.6 is 22.9 Å². The summed E-state index contributed by atoms with van der Waals surface area (Å²) < 4.78 is 5.60. The number of rotatable bonds is 3. The fourth-order valence-electron chi connectivity index (χ4n) is 2.41. The van der Waals surface area contributed by atoms with Gasteiger partial charge in [0.25, 0.3) is 5.91 Å². The van der Waals surface area contributed by atoms with Gasteiger partial charge in [-0.15, -0.1) is 11.3 Å². The van der Waals surface area contributed by atoms with Crippen molar-refractivity contribution >= 4 is 28.8 Å². The summed E-state index contributed by atoms with van der Waals surface area (Å²) in [4.78, 5) is 18.9. The minimum atomic E-state index is -0.0155. The molecule has 22 heavy (non-hydrogen) atoms. The first-order valence-electron chi connectivity index (χ1n) is 7.29. The van der Waals surface area contributed by atoms with Gasteiger partial charge in [0.05, 0.1) is 12.7 Å². The van der Waals surface area contributed by atoms with E-state index in [1.54, 1.807) is 0 Å². The van der Waals surface area contributed by atoms with Crippen molar-refractivity contribution in [2.45, 2.75) is 19.4 Å². The van der Waals surface area contributed by atoms with Crippen LogP contribution in [-0.2, 0) is 4.74 Å². The summed E-state index contributed by atoms with van der Waals surface area (Å²) in [6.45, 7) is 3.94. The van der Waals surface area contributed by atoms with Crippen LogP contribution < -0.4 is 0 Å². The van der Waals surface area contributed by atoms with E-state index in [9.17, 15) is 4.79 Å². The number of amides is 1. The van der Waals surface area contributed by atoms with E-state index in [2.05, 4.69) is 11.9 Å². The SMILES string of the molecule is CCC1CN(C(=O)c2csc(-c3ccc(Cl)cc3)n2)CCO1. The van der Waals surface area contributed by atoms with Gasteiger partial charge in [0, 0.05) is 29.1 Å². The molecule has 1 amide bonds. The molecule has 116 valence electrons. The minimum Gasteiger partial charge on any atom is -0.375 e. The van der Waals surface area contributed by atoms with Crippen LogP contribution in [0.15, 0.2) is 29.6 Å². The number of carbonyl (C=O) groups is 1. The van der Waals surface area contributed by atoms with Crippen molar-refractivity contribution in [2.24, 2.45) is 0 Å². The summed E-state index contributed by atoms with van der Waals surface area (Å²) in [6.07, 6.45) is 1.05. The predicted molar refractivity (Wildman–Crippen MR) is 88.5 cm³/mol. The first-order chi connectivity index (χ1) is 10.7. The highest BCUT2D eigenvalue weighted by Crippen LogP contribution is 2.26. The molecule has 1 aliphatic heterocycles. The molecule has 1 atom stereocenters. The normalized spacial score (nSPS) is 18.5. The lowest BCUT2D eigenvalue weighted by molar-refractivity contribution is -0.0227. The monoisotopic (exact) mass is 336 g/mol. The second kappa shape index (κ2) is 6.77. The smallest absolute Gasteiger partial charge is 0.273 e. The Balaban J connectivity index is 1.75. The van der Waals surface area contributed by atoms with Crippen molar-refractivity contribution in [3.8, 4) is 10.6 Å². The number of halogens is 1. The lowest BCUT2D eigenvalue weighted by Gasteiger charge is -2.32. The number of ether oxygens (including phenoxy) is 1. The standard InChI is InChI=1S/C16H17ClN2O2S/c1-2-13-9-19(7-8-21-13)16(20)14-10-22-15(18-14)11-3-5-12(17)6-4-11/h3-6,10,13H,2,7-9H2,1H3. The van der Waals surface area contributed by atoms with Gasteiger partial charge in [0.15, 0.2) is 0 Å². The Morgan fingerprint density at radius 1 is 1.45 bits per heavy atom. The summed E-state index contributed by atoms with van der Waals surface area (Å²) in [7, 11) is 0. The largest absolute Gasteiger partial charge is 0.375 e. The number of nitrogens with zero attached hydrogens (tertiary/aromatic N) is 2. The summed E-state index contributed by atoms with van der Waals surface area (Å²) in [5, 5.41) is 3.35. The Hall–Kier alpha value is -1.43. The van der Waals surface area contributed by atoms with Crippen LogP contribution in [0.25, 0.3) is 10.6 Å². The maximum Gasteiger partial charge on any atom is 0.273 e. The molecule has 1 aliphatic rings. The second-order valence-electron chi connectivity index (χ2n) is 5.20. The van der Waals surface area contributed by atoms with Crippen LogP contribution in [0.1, 0.15) is 23.8 Å². The van der Waals surface area contributed by atoms with Crippen molar-refractivity contribution in [3.63, 3.8) is 0 Å². The highest BCUT2D eigenvalue weighted by Gasteiger charge is 2.25. The molecule has 2 heterocycles. The van der Waals surface area contributed by atoms with Crippen molar-refractivity contribution < 1.29 is 9.53 Å². The molecule has 4 nitrogen and oxygen atoms in total. The Labute approximate surface area is 138 Å². The Morgan fingerprint density at radius 2 is 2.23 bits per heavy atom. The third-order valence-electron chi connectivity index (χ3n) is 3.70. The summed E-state index contributed by atoms with van der Waals surface area (Å²) in [5.41, 5.74) is 1.48. The molecule has 6 heteroatoms. The molecular weight excluding hydrogens is 320 g/mol. The highest BCUT2D eigenvalue weighted by atomic mass is 35.5. The van der Waals surface area contributed by atoms with E-state index in [1.165, 1.54) is 11.3 Å². The number of morpholine rings is 1. The molecule has 1 aromatic heterocycles.